The summed E-state index contributed by atoms with van der Waals surface area (Å²) in [6, 6.07) is 12.7. The first kappa shape index (κ1) is 18.4. The zero-order valence-corrected chi connectivity index (χ0v) is 14.2. The molecule has 3 aromatic rings. The van der Waals surface area contributed by atoms with Gasteiger partial charge in [-0.15, -0.1) is 0 Å². The molecule has 0 unspecified atom stereocenters. The molecule has 4 nitrogen and oxygen atoms in total. The first-order valence-electron chi connectivity index (χ1n) is 8.22. The van der Waals surface area contributed by atoms with Crippen molar-refractivity contribution in [1.29, 1.82) is 0 Å². The van der Waals surface area contributed by atoms with Gasteiger partial charge in [0.15, 0.2) is 11.6 Å². The zero-order valence-electron chi connectivity index (χ0n) is 14.2. The Balaban J connectivity index is 1.61. The number of pyridine rings is 1. The Bertz CT molecular complexity index is 963. The smallest absolute Gasteiger partial charge is 0.251 e. The second-order valence-electron chi connectivity index (χ2n) is 5.78. The zero-order chi connectivity index (χ0) is 19.2. The van der Waals surface area contributed by atoms with E-state index in [-0.39, 0.29) is 18.3 Å². The average Bonchev–Trinajstić information content (AvgIpc) is 2.66. The maximum absolute atomic E-state index is 13.6. The molecular formula is C20H16F3N3O. The fourth-order valence-corrected chi connectivity index (χ4v) is 2.48. The maximum atomic E-state index is 13.6. The van der Waals surface area contributed by atoms with E-state index in [9.17, 15) is 18.0 Å². The first-order valence-corrected chi connectivity index (χ1v) is 8.22. The van der Waals surface area contributed by atoms with E-state index in [1.54, 1.807) is 18.2 Å². The molecular weight excluding hydrogens is 355 g/mol. The molecule has 1 aromatic heterocycles. The largest absolute Gasteiger partial charge is 0.352 e. The van der Waals surface area contributed by atoms with E-state index in [0.29, 0.717) is 29.1 Å². The van der Waals surface area contributed by atoms with Crippen molar-refractivity contribution in [2.24, 2.45) is 0 Å². The van der Waals surface area contributed by atoms with Crippen LogP contribution >= 0.6 is 0 Å². The highest BCUT2D eigenvalue weighted by Crippen LogP contribution is 2.18. The van der Waals surface area contributed by atoms with Crippen LogP contribution in [-0.4, -0.2) is 17.4 Å². The molecule has 7 heteroatoms. The highest BCUT2D eigenvalue weighted by atomic mass is 19.2. The summed E-state index contributed by atoms with van der Waals surface area (Å²) in [5, 5.41) is 5.52. The fraction of sp³-hybridized carbons (Fsp3) is 0.100. The molecule has 2 N–H and O–H groups in total. The SMILES string of the molecule is O=C(NCCc1ccccc1F)c1ccnc(Nc2ccc(F)c(F)c2)c1. The van der Waals surface area contributed by atoms with Gasteiger partial charge >= 0.3 is 0 Å². The predicted molar refractivity (Wildman–Crippen MR) is 96.3 cm³/mol. The maximum Gasteiger partial charge on any atom is 0.251 e. The Labute approximate surface area is 154 Å². The monoisotopic (exact) mass is 371 g/mol. The predicted octanol–water partition coefficient (Wildman–Crippen LogP) is 4.22. The van der Waals surface area contributed by atoms with Gasteiger partial charge < -0.3 is 10.6 Å². The van der Waals surface area contributed by atoms with Crippen LogP contribution in [0.5, 0.6) is 0 Å². The van der Waals surface area contributed by atoms with Crippen LogP contribution in [0.1, 0.15) is 15.9 Å². The van der Waals surface area contributed by atoms with Crippen LogP contribution in [0, 0.1) is 17.5 Å². The second kappa shape index (κ2) is 8.35. The van der Waals surface area contributed by atoms with E-state index in [1.807, 2.05) is 0 Å². The van der Waals surface area contributed by atoms with Crippen molar-refractivity contribution in [3.8, 4) is 0 Å². The first-order chi connectivity index (χ1) is 13.0. The molecule has 0 aliphatic carbocycles. The van der Waals surface area contributed by atoms with Gasteiger partial charge in [0.25, 0.3) is 5.91 Å². The molecule has 0 atom stereocenters. The number of rotatable bonds is 6. The van der Waals surface area contributed by atoms with Crippen LogP contribution in [0.25, 0.3) is 0 Å². The molecule has 138 valence electrons. The summed E-state index contributed by atoms with van der Waals surface area (Å²) in [5.41, 5.74) is 1.16. The number of nitrogens with zero attached hydrogens (tertiary/aromatic N) is 1. The molecule has 3 rings (SSSR count). The number of aromatic nitrogens is 1. The molecule has 0 spiro atoms. The van der Waals surface area contributed by atoms with E-state index < -0.39 is 11.6 Å². The van der Waals surface area contributed by atoms with Crippen molar-refractivity contribution in [3.63, 3.8) is 0 Å². The van der Waals surface area contributed by atoms with Gasteiger partial charge in [0.2, 0.25) is 0 Å². The van der Waals surface area contributed by atoms with Gasteiger partial charge in [-0.05, 0) is 42.3 Å². The Hall–Kier alpha value is -3.35. The Morgan fingerprint density at radius 1 is 0.926 bits per heavy atom. The number of hydrogen-bond acceptors (Lipinski definition) is 3. The molecule has 2 aromatic carbocycles. The standard InChI is InChI=1S/C20H16F3N3O/c21-16-4-2-1-3-13(16)7-10-25-20(27)14-8-9-24-19(11-14)26-15-5-6-17(22)18(23)12-15/h1-6,8-9,11-12H,7,10H2,(H,24,26)(H,25,27). The molecule has 1 heterocycles. The lowest BCUT2D eigenvalue weighted by Gasteiger charge is -2.09. The van der Waals surface area contributed by atoms with Gasteiger partial charge in [-0.1, -0.05) is 18.2 Å². The summed E-state index contributed by atoms with van der Waals surface area (Å²) in [6.45, 7) is 0.272. The number of hydrogen-bond donors (Lipinski definition) is 2. The summed E-state index contributed by atoms with van der Waals surface area (Å²) in [7, 11) is 0. The number of carbonyl (C=O) groups excluding carboxylic acids is 1. The van der Waals surface area contributed by atoms with Crippen LogP contribution in [0.15, 0.2) is 60.8 Å². The third-order valence-corrected chi connectivity index (χ3v) is 3.85. The van der Waals surface area contributed by atoms with E-state index in [0.717, 1.165) is 12.1 Å². The highest BCUT2D eigenvalue weighted by molar-refractivity contribution is 5.94. The lowest BCUT2D eigenvalue weighted by atomic mass is 10.1. The lowest BCUT2D eigenvalue weighted by molar-refractivity contribution is 0.0954. The molecule has 1 amide bonds. The van der Waals surface area contributed by atoms with Crippen molar-refractivity contribution in [2.75, 3.05) is 11.9 Å². The molecule has 0 saturated heterocycles. The summed E-state index contributed by atoms with van der Waals surface area (Å²) >= 11 is 0. The average molecular weight is 371 g/mol. The number of benzene rings is 2. The summed E-state index contributed by atoms with van der Waals surface area (Å²) < 4.78 is 39.8. The molecule has 0 bridgehead atoms. The molecule has 0 aliphatic heterocycles. The number of carbonyl (C=O) groups is 1. The fourth-order valence-electron chi connectivity index (χ4n) is 2.48. The van der Waals surface area contributed by atoms with Crippen LogP contribution in [-0.2, 0) is 6.42 Å². The number of anilines is 2. The van der Waals surface area contributed by atoms with Gasteiger partial charge in [-0.2, -0.15) is 0 Å². The topological polar surface area (TPSA) is 54.0 Å². The van der Waals surface area contributed by atoms with Crippen molar-refractivity contribution in [1.82, 2.24) is 10.3 Å². The molecule has 0 fully saturated rings. The molecule has 0 saturated carbocycles. The van der Waals surface area contributed by atoms with Gasteiger partial charge in [0.05, 0.1) is 0 Å². The minimum Gasteiger partial charge on any atom is -0.352 e. The summed E-state index contributed by atoms with van der Waals surface area (Å²) in [5.74, 6) is -2.28. The molecule has 27 heavy (non-hydrogen) atoms. The number of nitrogens with one attached hydrogen (secondary N) is 2. The van der Waals surface area contributed by atoms with Gasteiger partial charge in [-0.25, -0.2) is 18.2 Å². The summed E-state index contributed by atoms with van der Waals surface area (Å²) in [4.78, 5) is 16.3. The van der Waals surface area contributed by atoms with E-state index in [1.165, 1.54) is 30.5 Å². The van der Waals surface area contributed by atoms with Crippen molar-refractivity contribution in [2.45, 2.75) is 6.42 Å². The van der Waals surface area contributed by atoms with Crippen molar-refractivity contribution >= 4 is 17.4 Å². The van der Waals surface area contributed by atoms with E-state index in [2.05, 4.69) is 15.6 Å². The minimum absolute atomic E-state index is 0.272. The van der Waals surface area contributed by atoms with Crippen molar-refractivity contribution in [3.05, 3.63) is 89.4 Å². The third kappa shape index (κ3) is 4.84. The van der Waals surface area contributed by atoms with Crippen LogP contribution in [0.4, 0.5) is 24.7 Å². The van der Waals surface area contributed by atoms with Gasteiger partial charge in [-0.3, -0.25) is 4.79 Å². The van der Waals surface area contributed by atoms with Gasteiger partial charge in [0, 0.05) is 30.1 Å². The lowest BCUT2D eigenvalue weighted by Crippen LogP contribution is -2.26. The highest BCUT2D eigenvalue weighted by Gasteiger charge is 2.09. The van der Waals surface area contributed by atoms with Gasteiger partial charge in [0.1, 0.15) is 11.6 Å². The minimum atomic E-state index is -0.984. The van der Waals surface area contributed by atoms with Crippen LogP contribution in [0.3, 0.4) is 0 Å². The molecule has 0 radical (unpaired) electrons. The van der Waals surface area contributed by atoms with Crippen LogP contribution < -0.4 is 10.6 Å². The van der Waals surface area contributed by atoms with Crippen molar-refractivity contribution < 1.29 is 18.0 Å². The number of amides is 1. The Kier molecular flexibility index (Phi) is 5.71. The van der Waals surface area contributed by atoms with E-state index in [4.69, 9.17) is 0 Å². The van der Waals surface area contributed by atoms with E-state index >= 15 is 0 Å². The Morgan fingerprint density at radius 3 is 2.52 bits per heavy atom. The molecule has 0 aliphatic rings. The quantitative estimate of drug-likeness (QED) is 0.682. The third-order valence-electron chi connectivity index (χ3n) is 3.85. The normalized spacial score (nSPS) is 10.5. The second-order valence-corrected chi connectivity index (χ2v) is 5.78. The van der Waals surface area contributed by atoms with Crippen LogP contribution in [0.2, 0.25) is 0 Å². The summed E-state index contributed by atoms with van der Waals surface area (Å²) in [6.07, 6.45) is 1.79. The Morgan fingerprint density at radius 2 is 1.74 bits per heavy atom. The number of halogens is 3.